The van der Waals surface area contributed by atoms with Gasteiger partial charge < -0.3 is 34.4 Å². The summed E-state index contributed by atoms with van der Waals surface area (Å²) in [4.78, 5) is 0. The van der Waals surface area contributed by atoms with Crippen molar-refractivity contribution in [1.82, 2.24) is 5.01 Å². The van der Waals surface area contributed by atoms with Crippen LogP contribution in [-0.4, -0.2) is 54.8 Å². The second-order valence-corrected chi connectivity index (χ2v) is 9.21. The van der Waals surface area contributed by atoms with Crippen LogP contribution in [0.25, 0.3) is 5.70 Å². The zero-order valence-corrected chi connectivity index (χ0v) is 19.6. The summed E-state index contributed by atoms with van der Waals surface area (Å²) in [7, 11) is 1.48. The minimum Gasteiger partial charge on any atom is -0.397 e. The molecule has 0 bridgehead atoms. The summed E-state index contributed by atoms with van der Waals surface area (Å²) in [6.45, 7) is 9.33. The average Bonchev–Trinajstić information content (AvgIpc) is 3.23. The third kappa shape index (κ3) is 5.61. The third-order valence-corrected chi connectivity index (χ3v) is 5.76. The van der Waals surface area contributed by atoms with Gasteiger partial charge in [-0.3, -0.25) is 0 Å². The van der Waals surface area contributed by atoms with Crippen LogP contribution in [0.15, 0.2) is 18.3 Å². The predicted octanol–water partition coefficient (Wildman–Crippen LogP) is 2.82. The Balaban J connectivity index is 1.95. The van der Waals surface area contributed by atoms with Crippen molar-refractivity contribution >= 4 is 5.70 Å². The molecule has 0 aromatic heterocycles. The van der Waals surface area contributed by atoms with Gasteiger partial charge in [-0.15, -0.1) is 0 Å². The quantitative estimate of drug-likeness (QED) is 0.353. The normalized spacial score (nSPS) is 28.7. The molecule has 0 saturated carbocycles. The SMILES string of the molecule is COC1OC(C)(C)OC1C(C(C)C1COC(C)(C)O1)N(N)/C=C(\N)c1cc(F)c(F)c(F)c1. The van der Waals surface area contributed by atoms with Crippen LogP contribution >= 0.6 is 0 Å². The van der Waals surface area contributed by atoms with Gasteiger partial charge in [0, 0.05) is 24.8 Å². The molecule has 3 rings (SSSR count). The predicted molar refractivity (Wildman–Crippen MR) is 113 cm³/mol. The maximum absolute atomic E-state index is 13.7. The summed E-state index contributed by atoms with van der Waals surface area (Å²) in [6, 6.07) is 0.972. The summed E-state index contributed by atoms with van der Waals surface area (Å²) in [5.74, 6) is 0.107. The molecule has 0 aliphatic carbocycles. The number of benzene rings is 1. The lowest BCUT2D eigenvalue weighted by molar-refractivity contribution is -0.183. The zero-order valence-electron chi connectivity index (χ0n) is 19.6. The molecule has 2 saturated heterocycles. The van der Waals surface area contributed by atoms with Gasteiger partial charge in [-0.2, -0.15) is 0 Å². The maximum atomic E-state index is 13.7. The molecule has 1 aromatic rings. The van der Waals surface area contributed by atoms with Gasteiger partial charge in [0.1, 0.15) is 6.10 Å². The van der Waals surface area contributed by atoms with Crippen LogP contribution in [0.1, 0.15) is 40.2 Å². The molecule has 186 valence electrons. The van der Waals surface area contributed by atoms with Gasteiger partial charge in [0.15, 0.2) is 35.3 Å². The monoisotopic (exact) mass is 475 g/mol. The van der Waals surface area contributed by atoms with Crippen molar-refractivity contribution in [3.63, 3.8) is 0 Å². The van der Waals surface area contributed by atoms with Crippen LogP contribution in [0.2, 0.25) is 0 Å². The van der Waals surface area contributed by atoms with Gasteiger partial charge in [-0.25, -0.2) is 19.0 Å². The third-order valence-electron chi connectivity index (χ3n) is 5.76. The molecule has 5 atom stereocenters. The minimum atomic E-state index is -1.58. The number of ether oxygens (including phenoxy) is 5. The number of hydrazine groups is 1. The molecule has 5 unspecified atom stereocenters. The van der Waals surface area contributed by atoms with E-state index in [-0.39, 0.29) is 23.3 Å². The first-order chi connectivity index (χ1) is 15.2. The van der Waals surface area contributed by atoms with Gasteiger partial charge >= 0.3 is 0 Å². The molecular weight excluding hydrogens is 443 g/mol. The Morgan fingerprint density at radius 1 is 1.12 bits per heavy atom. The van der Waals surface area contributed by atoms with Crippen molar-refractivity contribution in [3.8, 4) is 0 Å². The maximum Gasteiger partial charge on any atom is 0.194 e. The lowest BCUT2D eigenvalue weighted by Crippen LogP contribution is -2.55. The van der Waals surface area contributed by atoms with E-state index in [1.165, 1.54) is 18.3 Å². The summed E-state index contributed by atoms with van der Waals surface area (Å²) >= 11 is 0. The molecule has 11 heteroatoms. The Kier molecular flexibility index (Phi) is 7.33. The number of rotatable bonds is 7. The lowest BCUT2D eigenvalue weighted by Gasteiger charge is -2.38. The Morgan fingerprint density at radius 3 is 2.24 bits per heavy atom. The van der Waals surface area contributed by atoms with Gasteiger partial charge in [0.25, 0.3) is 0 Å². The fourth-order valence-electron chi connectivity index (χ4n) is 4.15. The lowest BCUT2D eigenvalue weighted by atomic mass is 9.90. The number of halogens is 3. The fraction of sp³-hybridized carbons (Fsp3) is 0.636. The Morgan fingerprint density at radius 2 is 1.73 bits per heavy atom. The summed E-state index contributed by atoms with van der Waals surface area (Å²) in [6.07, 6.45) is -0.487. The highest BCUT2D eigenvalue weighted by molar-refractivity contribution is 5.62. The topological polar surface area (TPSA) is 101 Å². The van der Waals surface area contributed by atoms with Crippen LogP contribution in [0, 0.1) is 23.4 Å². The highest BCUT2D eigenvalue weighted by Crippen LogP contribution is 2.37. The van der Waals surface area contributed by atoms with E-state index in [2.05, 4.69) is 0 Å². The van der Waals surface area contributed by atoms with Crippen molar-refractivity contribution in [2.75, 3.05) is 13.7 Å². The van der Waals surface area contributed by atoms with Crippen LogP contribution in [0.4, 0.5) is 13.2 Å². The van der Waals surface area contributed by atoms with Crippen molar-refractivity contribution in [1.29, 1.82) is 0 Å². The zero-order chi connectivity index (χ0) is 24.7. The van der Waals surface area contributed by atoms with Gasteiger partial charge in [-0.1, -0.05) is 6.92 Å². The summed E-state index contributed by atoms with van der Waals surface area (Å²) in [5, 5.41) is 1.27. The molecular formula is C22H32F3N3O5. The molecule has 4 N–H and O–H groups in total. The standard InChI is InChI=1S/C22H32F3N3O5/c1-11(16-10-30-21(2,3)31-16)18(19-20(29-6)33-22(4,5)32-19)28(27)9-15(26)12-7-13(23)17(25)14(24)8-12/h7-9,11,16,18-20H,10,26-27H2,1-6H3/b15-9-. The molecule has 8 nitrogen and oxygen atoms in total. The van der Waals surface area contributed by atoms with Crippen molar-refractivity contribution in [3.05, 3.63) is 41.3 Å². The highest BCUT2D eigenvalue weighted by Gasteiger charge is 2.51. The molecule has 0 amide bonds. The second kappa shape index (κ2) is 9.40. The second-order valence-electron chi connectivity index (χ2n) is 9.21. The van der Waals surface area contributed by atoms with Crippen molar-refractivity contribution in [2.45, 2.75) is 70.7 Å². The van der Waals surface area contributed by atoms with E-state index in [9.17, 15) is 13.2 Å². The number of hydrogen-bond donors (Lipinski definition) is 2. The van der Waals surface area contributed by atoms with Crippen LogP contribution in [-0.2, 0) is 23.7 Å². The number of hydrogen-bond acceptors (Lipinski definition) is 8. The molecule has 2 heterocycles. The molecule has 2 fully saturated rings. The summed E-state index contributed by atoms with van der Waals surface area (Å²) < 4.78 is 69.9. The van der Waals surface area contributed by atoms with Crippen LogP contribution < -0.4 is 11.6 Å². The Labute approximate surface area is 191 Å². The first kappa shape index (κ1) is 25.7. The largest absolute Gasteiger partial charge is 0.397 e. The fourth-order valence-corrected chi connectivity index (χ4v) is 4.15. The average molecular weight is 476 g/mol. The smallest absolute Gasteiger partial charge is 0.194 e. The number of nitrogens with two attached hydrogens (primary N) is 2. The highest BCUT2D eigenvalue weighted by atomic mass is 19.2. The van der Waals surface area contributed by atoms with E-state index in [4.69, 9.17) is 35.3 Å². The van der Waals surface area contributed by atoms with E-state index in [1.807, 2.05) is 6.92 Å². The van der Waals surface area contributed by atoms with Crippen molar-refractivity contribution < 1.29 is 36.9 Å². The Bertz CT molecular complexity index is 875. The molecule has 33 heavy (non-hydrogen) atoms. The van der Waals surface area contributed by atoms with Gasteiger partial charge in [-0.05, 0) is 39.8 Å². The van der Waals surface area contributed by atoms with Crippen LogP contribution in [0.3, 0.4) is 0 Å². The molecule has 0 radical (unpaired) electrons. The van der Waals surface area contributed by atoms with Crippen molar-refractivity contribution in [2.24, 2.45) is 17.5 Å². The molecule has 2 aliphatic heterocycles. The molecule has 1 aromatic carbocycles. The van der Waals surface area contributed by atoms with E-state index >= 15 is 0 Å². The van der Waals surface area contributed by atoms with E-state index in [0.29, 0.717) is 6.61 Å². The first-order valence-electron chi connectivity index (χ1n) is 10.6. The van der Waals surface area contributed by atoms with E-state index in [0.717, 1.165) is 12.1 Å². The first-order valence-corrected chi connectivity index (χ1v) is 10.6. The summed E-state index contributed by atoms with van der Waals surface area (Å²) in [5.41, 5.74) is 5.91. The molecule has 0 spiro atoms. The van der Waals surface area contributed by atoms with Gasteiger partial charge in [0.2, 0.25) is 0 Å². The van der Waals surface area contributed by atoms with Crippen LogP contribution in [0.5, 0.6) is 0 Å². The van der Waals surface area contributed by atoms with E-state index < -0.39 is 47.5 Å². The minimum absolute atomic E-state index is 0.0675. The number of nitrogens with zero attached hydrogens (tertiary/aromatic N) is 1. The van der Waals surface area contributed by atoms with E-state index in [1.54, 1.807) is 27.7 Å². The Hall–Kier alpha value is -1.89. The molecule has 2 aliphatic rings. The number of methoxy groups -OCH3 is 1. The van der Waals surface area contributed by atoms with Gasteiger partial charge in [0.05, 0.1) is 24.4 Å².